The SMILES string of the molecule is CNC(=O)Cn1cc(NC(=O)CCCc2ccc(Cl)cc2)cn1. The van der Waals surface area contributed by atoms with Gasteiger partial charge in [-0.25, -0.2) is 0 Å². The molecule has 1 aromatic heterocycles. The molecule has 0 aliphatic carbocycles. The molecule has 7 heteroatoms. The van der Waals surface area contributed by atoms with Crippen LogP contribution in [0.25, 0.3) is 0 Å². The molecule has 2 amide bonds. The molecule has 0 saturated heterocycles. The van der Waals surface area contributed by atoms with Crippen LogP contribution >= 0.6 is 11.6 Å². The van der Waals surface area contributed by atoms with Crippen LogP contribution in [0.2, 0.25) is 5.02 Å². The molecule has 0 fully saturated rings. The largest absolute Gasteiger partial charge is 0.358 e. The molecule has 6 nitrogen and oxygen atoms in total. The highest BCUT2D eigenvalue weighted by molar-refractivity contribution is 6.30. The molecule has 0 atom stereocenters. The number of aryl methyl sites for hydroxylation is 1. The summed E-state index contributed by atoms with van der Waals surface area (Å²) in [5, 5.41) is 10.0. The number of carbonyl (C=O) groups is 2. The Bertz CT molecular complexity index is 667. The number of benzene rings is 1. The lowest BCUT2D eigenvalue weighted by atomic mass is 10.1. The predicted octanol–water partition coefficient (Wildman–Crippen LogP) is 2.24. The van der Waals surface area contributed by atoms with Crippen LogP contribution in [0.4, 0.5) is 5.69 Å². The van der Waals surface area contributed by atoms with E-state index in [1.807, 2.05) is 24.3 Å². The third kappa shape index (κ3) is 5.75. The number of amides is 2. The summed E-state index contributed by atoms with van der Waals surface area (Å²) in [4.78, 5) is 23.1. The summed E-state index contributed by atoms with van der Waals surface area (Å²) >= 11 is 5.83. The Morgan fingerprint density at radius 1 is 1.22 bits per heavy atom. The van der Waals surface area contributed by atoms with Gasteiger partial charge >= 0.3 is 0 Å². The van der Waals surface area contributed by atoms with Gasteiger partial charge in [-0.15, -0.1) is 0 Å². The van der Waals surface area contributed by atoms with Gasteiger partial charge in [-0.1, -0.05) is 23.7 Å². The van der Waals surface area contributed by atoms with E-state index in [1.54, 1.807) is 13.2 Å². The molecule has 2 N–H and O–H groups in total. The molecule has 1 aromatic carbocycles. The topological polar surface area (TPSA) is 76.0 Å². The van der Waals surface area contributed by atoms with Crippen molar-refractivity contribution >= 4 is 29.1 Å². The number of nitrogens with zero attached hydrogens (tertiary/aromatic N) is 2. The maximum atomic E-state index is 11.9. The van der Waals surface area contributed by atoms with Crippen LogP contribution in [0.3, 0.4) is 0 Å². The first-order valence-corrected chi connectivity index (χ1v) is 7.72. The zero-order valence-electron chi connectivity index (χ0n) is 12.9. The van der Waals surface area contributed by atoms with E-state index >= 15 is 0 Å². The third-order valence-electron chi connectivity index (χ3n) is 3.28. The Balaban J connectivity index is 1.74. The Hall–Kier alpha value is -2.34. The Morgan fingerprint density at radius 2 is 1.96 bits per heavy atom. The van der Waals surface area contributed by atoms with E-state index in [0.717, 1.165) is 18.4 Å². The van der Waals surface area contributed by atoms with Crippen molar-refractivity contribution in [3.8, 4) is 0 Å². The first-order chi connectivity index (χ1) is 11.1. The average Bonchev–Trinajstić information content (AvgIpc) is 2.96. The molecular weight excluding hydrogens is 316 g/mol. The second-order valence-corrected chi connectivity index (χ2v) is 5.56. The van der Waals surface area contributed by atoms with Crippen LogP contribution in [-0.2, 0) is 22.6 Å². The van der Waals surface area contributed by atoms with Gasteiger partial charge in [0.25, 0.3) is 0 Å². The lowest BCUT2D eigenvalue weighted by molar-refractivity contribution is -0.121. The zero-order chi connectivity index (χ0) is 16.7. The van der Waals surface area contributed by atoms with E-state index in [1.165, 1.54) is 10.9 Å². The van der Waals surface area contributed by atoms with Gasteiger partial charge in [0.05, 0.1) is 11.9 Å². The summed E-state index contributed by atoms with van der Waals surface area (Å²) in [5.74, 6) is -0.215. The number of nitrogens with one attached hydrogen (secondary N) is 2. The number of hydrogen-bond donors (Lipinski definition) is 2. The lowest BCUT2D eigenvalue weighted by Crippen LogP contribution is -2.23. The smallest absolute Gasteiger partial charge is 0.241 e. The molecular formula is C16H19ClN4O2. The highest BCUT2D eigenvalue weighted by Crippen LogP contribution is 2.12. The maximum absolute atomic E-state index is 11.9. The van der Waals surface area contributed by atoms with Crippen molar-refractivity contribution in [2.75, 3.05) is 12.4 Å². The highest BCUT2D eigenvalue weighted by atomic mass is 35.5. The summed E-state index contributed by atoms with van der Waals surface area (Å²) in [7, 11) is 1.56. The molecule has 0 aliphatic heterocycles. The molecule has 0 radical (unpaired) electrons. The Morgan fingerprint density at radius 3 is 2.65 bits per heavy atom. The fourth-order valence-corrected chi connectivity index (χ4v) is 2.19. The van der Waals surface area contributed by atoms with Crippen LogP contribution in [-0.4, -0.2) is 28.6 Å². The number of carbonyl (C=O) groups excluding carboxylic acids is 2. The van der Waals surface area contributed by atoms with Gasteiger partial charge in [0.1, 0.15) is 6.54 Å². The second kappa shape index (κ2) is 8.33. The fourth-order valence-electron chi connectivity index (χ4n) is 2.07. The van der Waals surface area contributed by atoms with Crippen molar-refractivity contribution in [1.82, 2.24) is 15.1 Å². The van der Waals surface area contributed by atoms with Crippen molar-refractivity contribution in [2.45, 2.75) is 25.8 Å². The molecule has 0 aliphatic rings. The van der Waals surface area contributed by atoms with Crippen LogP contribution in [0, 0.1) is 0 Å². The summed E-state index contributed by atoms with van der Waals surface area (Å²) in [5.41, 5.74) is 1.74. The zero-order valence-corrected chi connectivity index (χ0v) is 13.6. The van der Waals surface area contributed by atoms with Crippen LogP contribution < -0.4 is 10.6 Å². The van der Waals surface area contributed by atoms with Crippen molar-refractivity contribution in [3.05, 3.63) is 47.2 Å². The summed E-state index contributed by atoms with van der Waals surface area (Å²) in [6.07, 6.45) is 5.15. The van der Waals surface area contributed by atoms with Crippen molar-refractivity contribution in [2.24, 2.45) is 0 Å². The van der Waals surface area contributed by atoms with Gasteiger partial charge in [-0.3, -0.25) is 14.3 Å². The summed E-state index contributed by atoms with van der Waals surface area (Å²) < 4.78 is 1.47. The number of halogens is 1. The third-order valence-corrected chi connectivity index (χ3v) is 3.54. The average molecular weight is 335 g/mol. The van der Waals surface area contributed by atoms with Gasteiger partial charge in [-0.05, 0) is 30.5 Å². The lowest BCUT2D eigenvalue weighted by Gasteiger charge is -2.03. The number of hydrogen-bond acceptors (Lipinski definition) is 3. The number of anilines is 1. The molecule has 0 bridgehead atoms. The van der Waals surface area contributed by atoms with E-state index in [2.05, 4.69) is 15.7 Å². The normalized spacial score (nSPS) is 10.3. The summed E-state index contributed by atoms with van der Waals surface area (Å²) in [6, 6.07) is 7.61. The van der Waals surface area contributed by atoms with Gasteiger partial charge in [0, 0.05) is 24.7 Å². The minimum absolute atomic E-state index is 0.0709. The minimum Gasteiger partial charge on any atom is -0.358 e. The molecule has 0 saturated carbocycles. The second-order valence-electron chi connectivity index (χ2n) is 5.13. The van der Waals surface area contributed by atoms with Crippen LogP contribution in [0.15, 0.2) is 36.7 Å². The number of rotatable bonds is 7. The van der Waals surface area contributed by atoms with Gasteiger partial charge in [0.15, 0.2) is 0 Å². The van der Waals surface area contributed by atoms with E-state index in [-0.39, 0.29) is 18.4 Å². The highest BCUT2D eigenvalue weighted by Gasteiger charge is 2.06. The molecule has 0 spiro atoms. The molecule has 2 aromatic rings. The monoisotopic (exact) mass is 334 g/mol. The van der Waals surface area contributed by atoms with Crippen LogP contribution in [0.1, 0.15) is 18.4 Å². The van der Waals surface area contributed by atoms with Gasteiger partial charge in [-0.2, -0.15) is 5.10 Å². The van der Waals surface area contributed by atoms with Gasteiger partial charge < -0.3 is 10.6 Å². The molecule has 2 rings (SSSR count). The van der Waals surface area contributed by atoms with E-state index in [0.29, 0.717) is 17.1 Å². The van der Waals surface area contributed by atoms with Crippen molar-refractivity contribution in [3.63, 3.8) is 0 Å². The van der Waals surface area contributed by atoms with Crippen molar-refractivity contribution in [1.29, 1.82) is 0 Å². The first kappa shape index (κ1) is 17.0. The standard InChI is InChI=1S/C16H19ClN4O2/c1-18-16(23)11-21-10-14(9-19-21)20-15(22)4-2-3-12-5-7-13(17)8-6-12/h5-10H,2-4,11H2,1H3,(H,18,23)(H,20,22). The Labute approximate surface area is 139 Å². The predicted molar refractivity (Wildman–Crippen MR) is 89.3 cm³/mol. The first-order valence-electron chi connectivity index (χ1n) is 7.34. The van der Waals surface area contributed by atoms with Crippen molar-refractivity contribution < 1.29 is 9.59 Å². The fraction of sp³-hybridized carbons (Fsp3) is 0.312. The molecule has 0 unspecified atom stereocenters. The Kier molecular flexibility index (Phi) is 6.17. The van der Waals surface area contributed by atoms with E-state index < -0.39 is 0 Å². The summed E-state index contributed by atoms with van der Waals surface area (Å²) in [6.45, 7) is 0.128. The van der Waals surface area contributed by atoms with Crippen LogP contribution in [0.5, 0.6) is 0 Å². The van der Waals surface area contributed by atoms with Gasteiger partial charge in [0.2, 0.25) is 11.8 Å². The number of likely N-dealkylation sites (N-methyl/N-ethyl adjacent to an activating group) is 1. The minimum atomic E-state index is -0.144. The molecule has 122 valence electrons. The van der Waals surface area contributed by atoms with E-state index in [4.69, 9.17) is 11.6 Å². The molecule has 1 heterocycles. The molecule has 23 heavy (non-hydrogen) atoms. The number of aromatic nitrogens is 2. The maximum Gasteiger partial charge on any atom is 0.241 e. The van der Waals surface area contributed by atoms with E-state index in [9.17, 15) is 9.59 Å². The quantitative estimate of drug-likeness (QED) is 0.815.